The van der Waals surface area contributed by atoms with Crippen molar-refractivity contribution >= 4 is 29.6 Å². The molecule has 3 rings (SSSR count). The highest BCUT2D eigenvalue weighted by Crippen LogP contribution is 2.29. The van der Waals surface area contributed by atoms with Gasteiger partial charge in [-0.1, -0.05) is 49.2 Å². The summed E-state index contributed by atoms with van der Waals surface area (Å²) < 4.78 is 23.9. The Labute approximate surface area is 175 Å². The van der Waals surface area contributed by atoms with E-state index in [1.807, 2.05) is 41.8 Å². The summed E-state index contributed by atoms with van der Waals surface area (Å²) in [6, 6.07) is 16.6. The lowest BCUT2D eigenvalue weighted by Crippen LogP contribution is -2.25. The average molecular weight is 416 g/mol. The molecule has 0 spiro atoms. The standard InChI is InChI=1S/C23H26FNOS2/c1-18(19-8-4-2-5-9-19)26-23(25-28-22-10-6-3-7-11-22)16-17-27-21-14-12-20(24)13-15-21/h3,6-7,10-19H,2,4-5,8-9H2,1H3/b17-16+,25-23?. The highest BCUT2D eigenvalue weighted by atomic mass is 32.2. The summed E-state index contributed by atoms with van der Waals surface area (Å²) >= 11 is 2.94. The van der Waals surface area contributed by atoms with Gasteiger partial charge in [0, 0.05) is 27.8 Å². The Balaban J connectivity index is 1.65. The van der Waals surface area contributed by atoms with Crippen molar-refractivity contribution < 1.29 is 9.13 Å². The van der Waals surface area contributed by atoms with Gasteiger partial charge in [0.15, 0.2) is 0 Å². The van der Waals surface area contributed by atoms with E-state index in [1.165, 1.54) is 67.9 Å². The largest absolute Gasteiger partial charge is 0.474 e. The summed E-state index contributed by atoms with van der Waals surface area (Å²) in [5.74, 6) is 1.000. The van der Waals surface area contributed by atoms with Gasteiger partial charge in [-0.15, -0.1) is 0 Å². The fraction of sp³-hybridized carbons (Fsp3) is 0.348. The molecule has 1 aliphatic rings. The van der Waals surface area contributed by atoms with Gasteiger partial charge in [0.05, 0.1) is 0 Å². The smallest absolute Gasteiger partial charge is 0.221 e. The predicted octanol–water partition coefficient (Wildman–Crippen LogP) is 7.52. The molecule has 1 fully saturated rings. The highest BCUT2D eigenvalue weighted by Gasteiger charge is 2.22. The van der Waals surface area contributed by atoms with Crippen LogP contribution in [0.5, 0.6) is 0 Å². The zero-order chi connectivity index (χ0) is 19.6. The molecule has 0 saturated heterocycles. The second-order valence-electron chi connectivity index (χ2n) is 6.93. The third kappa shape index (κ3) is 7.02. The van der Waals surface area contributed by atoms with E-state index in [0.29, 0.717) is 11.8 Å². The Kier molecular flexibility index (Phi) is 8.49. The zero-order valence-electron chi connectivity index (χ0n) is 16.1. The summed E-state index contributed by atoms with van der Waals surface area (Å²) in [7, 11) is 0. The van der Waals surface area contributed by atoms with Gasteiger partial charge in [0.25, 0.3) is 0 Å². The summed E-state index contributed by atoms with van der Waals surface area (Å²) in [5.41, 5.74) is 0. The number of hydrogen-bond acceptors (Lipinski definition) is 4. The topological polar surface area (TPSA) is 21.6 Å². The Bertz CT molecular complexity index is 771. The van der Waals surface area contributed by atoms with Crippen LogP contribution < -0.4 is 0 Å². The van der Waals surface area contributed by atoms with Crippen molar-refractivity contribution in [2.75, 3.05) is 0 Å². The average Bonchev–Trinajstić information content (AvgIpc) is 2.74. The van der Waals surface area contributed by atoms with Crippen molar-refractivity contribution in [3.63, 3.8) is 0 Å². The SMILES string of the molecule is CC(OC(/C=C/Sc1ccc(F)cc1)=NSc1ccccc1)C1CCCCC1. The van der Waals surface area contributed by atoms with Gasteiger partial charge in [-0.3, -0.25) is 0 Å². The minimum atomic E-state index is -0.223. The molecule has 2 nitrogen and oxygen atoms in total. The van der Waals surface area contributed by atoms with Crippen molar-refractivity contribution in [3.05, 3.63) is 71.9 Å². The number of rotatable bonds is 7. The van der Waals surface area contributed by atoms with Gasteiger partial charge < -0.3 is 4.74 Å². The van der Waals surface area contributed by atoms with Crippen molar-refractivity contribution in [1.82, 2.24) is 0 Å². The van der Waals surface area contributed by atoms with Gasteiger partial charge in [-0.25, -0.2) is 4.39 Å². The van der Waals surface area contributed by atoms with Crippen molar-refractivity contribution in [1.29, 1.82) is 0 Å². The molecule has 5 heteroatoms. The lowest BCUT2D eigenvalue weighted by Gasteiger charge is -2.27. The molecule has 148 valence electrons. The molecule has 0 N–H and O–H groups in total. The van der Waals surface area contributed by atoms with E-state index in [0.717, 1.165) is 9.79 Å². The molecule has 0 bridgehead atoms. The molecule has 28 heavy (non-hydrogen) atoms. The molecular formula is C23H26FNOS2. The molecule has 1 atom stereocenters. The van der Waals surface area contributed by atoms with E-state index < -0.39 is 0 Å². The van der Waals surface area contributed by atoms with Crippen LogP contribution in [-0.4, -0.2) is 12.0 Å². The Morgan fingerprint density at radius 3 is 2.46 bits per heavy atom. The van der Waals surface area contributed by atoms with E-state index in [-0.39, 0.29) is 11.9 Å². The first-order valence-corrected chi connectivity index (χ1v) is 11.4. The van der Waals surface area contributed by atoms with E-state index in [2.05, 4.69) is 11.3 Å². The molecule has 0 radical (unpaired) electrons. The molecule has 0 aliphatic heterocycles. The first-order chi connectivity index (χ1) is 13.7. The summed E-state index contributed by atoms with van der Waals surface area (Å²) in [6.45, 7) is 2.15. The summed E-state index contributed by atoms with van der Waals surface area (Å²) in [5, 5.41) is 1.95. The van der Waals surface area contributed by atoms with E-state index in [9.17, 15) is 4.39 Å². The number of ether oxygens (including phenoxy) is 1. The lowest BCUT2D eigenvalue weighted by molar-refractivity contribution is 0.114. The van der Waals surface area contributed by atoms with E-state index in [1.54, 1.807) is 12.1 Å². The molecule has 0 heterocycles. The fourth-order valence-corrected chi connectivity index (χ4v) is 4.46. The molecule has 1 unspecified atom stereocenters. The Morgan fingerprint density at radius 1 is 1.04 bits per heavy atom. The van der Waals surface area contributed by atoms with Crippen LogP contribution in [-0.2, 0) is 4.74 Å². The molecule has 1 aliphatic carbocycles. The number of hydrogen-bond donors (Lipinski definition) is 0. The molecule has 1 saturated carbocycles. The molecule has 2 aromatic rings. The normalized spacial score (nSPS) is 17.0. The summed E-state index contributed by atoms with van der Waals surface area (Å²) in [4.78, 5) is 2.06. The number of halogens is 1. The lowest BCUT2D eigenvalue weighted by atomic mass is 9.86. The van der Waals surface area contributed by atoms with Gasteiger partial charge in [0.1, 0.15) is 11.9 Å². The van der Waals surface area contributed by atoms with Crippen LogP contribution in [0.15, 0.2) is 80.3 Å². The van der Waals surface area contributed by atoms with Gasteiger partial charge in [0.2, 0.25) is 5.90 Å². The van der Waals surface area contributed by atoms with Crippen LogP contribution in [0.1, 0.15) is 39.0 Å². The minimum absolute atomic E-state index is 0.149. The van der Waals surface area contributed by atoms with Crippen LogP contribution >= 0.6 is 23.7 Å². The monoisotopic (exact) mass is 415 g/mol. The second-order valence-corrected chi connectivity index (χ2v) is 8.75. The molecular weight excluding hydrogens is 389 g/mol. The molecule has 0 amide bonds. The van der Waals surface area contributed by atoms with Crippen LogP contribution in [0.3, 0.4) is 0 Å². The third-order valence-electron chi connectivity index (χ3n) is 4.83. The van der Waals surface area contributed by atoms with E-state index in [4.69, 9.17) is 4.74 Å². The van der Waals surface area contributed by atoms with Crippen LogP contribution in [0, 0.1) is 11.7 Å². The minimum Gasteiger partial charge on any atom is -0.474 e. The van der Waals surface area contributed by atoms with Crippen molar-refractivity contribution in [2.24, 2.45) is 10.3 Å². The van der Waals surface area contributed by atoms with Gasteiger partial charge >= 0.3 is 0 Å². The Morgan fingerprint density at radius 2 is 1.75 bits per heavy atom. The maximum atomic E-state index is 13.0. The third-order valence-corrected chi connectivity index (χ3v) is 6.40. The van der Waals surface area contributed by atoms with Crippen molar-refractivity contribution in [2.45, 2.75) is 54.9 Å². The van der Waals surface area contributed by atoms with Crippen LogP contribution in [0.2, 0.25) is 0 Å². The van der Waals surface area contributed by atoms with Crippen LogP contribution in [0.25, 0.3) is 0 Å². The van der Waals surface area contributed by atoms with Crippen molar-refractivity contribution in [3.8, 4) is 0 Å². The zero-order valence-corrected chi connectivity index (χ0v) is 17.7. The highest BCUT2D eigenvalue weighted by molar-refractivity contribution is 8.02. The number of nitrogens with zero attached hydrogens (tertiary/aromatic N) is 1. The predicted molar refractivity (Wildman–Crippen MR) is 118 cm³/mol. The number of thioether (sulfide) groups is 1. The Hall–Kier alpha value is -1.72. The quantitative estimate of drug-likeness (QED) is 0.202. The first kappa shape index (κ1) is 21.0. The molecule has 0 aromatic heterocycles. The van der Waals surface area contributed by atoms with Crippen LogP contribution in [0.4, 0.5) is 4.39 Å². The van der Waals surface area contributed by atoms with Gasteiger partial charge in [-0.05, 0) is 67.5 Å². The van der Waals surface area contributed by atoms with E-state index >= 15 is 0 Å². The molecule has 2 aromatic carbocycles. The first-order valence-electron chi connectivity index (χ1n) is 9.76. The maximum absolute atomic E-state index is 13.0. The fourth-order valence-electron chi connectivity index (χ4n) is 3.24. The summed E-state index contributed by atoms with van der Waals surface area (Å²) in [6.07, 6.45) is 8.43. The van der Waals surface area contributed by atoms with Gasteiger partial charge in [-0.2, -0.15) is 4.40 Å². The second kappa shape index (κ2) is 11.3. The maximum Gasteiger partial charge on any atom is 0.221 e. The number of benzene rings is 2.